The number of rotatable bonds is 5. The summed E-state index contributed by atoms with van der Waals surface area (Å²) in [7, 11) is -1.61. The van der Waals surface area contributed by atoms with Crippen LogP contribution < -0.4 is 10.6 Å². The van der Waals surface area contributed by atoms with Gasteiger partial charge in [0.05, 0.1) is 4.75 Å². The monoisotopic (exact) mass is 499 g/mol. The third kappa shape index (κ3) is 5.78. The third-order valence-corrected chi connectivity index (χ3v) is 6.80. The smallest absolute Gasteiger partial charge is 0.191 e. The fourth-order valence-corrected chi connectivity index (χ4v) is 4.13. The Morgan fingerprint density at radius 2 is 1.96 bits per heavy atom. The second kappa shape index (κ2) is 9.84. The molecule has 1 aliphatic heterocycles. The second-order valence-corrected chi connectivity index (χ2v) is 8.84. The van der Waals surface area contributed by atoms with Gasteiger partial charge in [0.15, 0.2) is 15.8 Å². The van der Waals surface area contributed by atoms with Gasteiger partial charge in [0.1, 0.15) is 5.82 Å². The summed E-state index contributed by atoms with van der Waals surface area (Å²) in [4.78, 5) is 4.13. The van der Waals surface area contributed by atoms with Gasteiger partial charge in [0.25, 0.3) is 0 Å². The van der Waals surface area contributed by atoms with Crippen molar-refractivity contribution in [2.75, 3.05) is 33.1 Å². The predicted molar refractivity (Wildman–Crippen MR) is 112 cm³/mol. The number of hydrogen-bond acceptors (Lipinski definition) is 4. The number of hydrogen-bond donors (Lipinski definition) is 2. The Morgan fingerprint density at radius 1 is 1.31 bits per heavy atom. The number of aliphatic imine (C=N–C) groups is 1. The molecule has 1 aliphatic rings. The molecule has 0 amide bonds. The zero-order chi connectivity index (χ0) is 18.5. The first kappa shape index (κ1) is 23.1. The number of nitrogens with zero attached hydrogens (tertiary/aromatic N) is 1. The molecule has 1 aromatic rings. The highest BCUT2D eigenvalue weighted by molar-refractivity contribution is 14.0. The molecule has 0 radical (unpaired) electrons. The highest BCUT2D eigenvalue weighted by Crippen LogP contribution is 2.28. The third-order valence-electron chi connectivity index (χ3n) is 4.67. The minimum absolute atomic E-state index is 0. The number of nitrogens with one attached hydrogen (secondary N) is 2. The van der Waals surface area contributed by atoms with Crippen LogP contribution in [0.2, 0.25) is 0 Å². The first-order valence-electron chi connectivity index (χ1n) is 8.24. The molecule has 1 saturated heterocycles. The first-order chi connectivity index (χ1) is 11.8. The number of benzene rings is 1. The van der Waals surface area contributed by atoms with Gasteiger partial charge in [-0.15, -0.1) is 24.0 Å². The van der Waals surface area contributed by atoms with Gasteiger partial charge in [-0.3, -0.25) is 4.99 Å². The van der Waals surface area contributed by atoms with Crippen LogP contribution in [0, 0.1) is 12.7 Å². The SMILES string of the molecule is CN=C(NCc1ccc(F)c(C)c1)NCC1(S(C)(=O)=O)CCOCC1.I. The van der Waals surface area contributed by atoms with Crippen LogP contribution in [0.5, 0.6) is 0 Å². The van der Waals surface area contributed by atoms with Crippen LogP contribution in [0.3, 0.4) is 0 Å². The van der Waals surface area contributed by atoms with Crippen molar-refractivity contribution in [1.29, 1.82) is 0 Å². The lowest BCUT2D eigenvalue weighted by Gasteiger charge is -2.35. The van der Waals surface area contributed by atoms with E-state index in [1.165, 1.54) is 12.3 Å². The van der Waals surface area contributed by atoms with Crippen LogP contribution in [-0.4, -0.2) is 52.2 Å². The van der Waals surface area contributed by atoms with Crippen molar-refractivity contribution in [2.24, 2.45) is 4.99 Å². The molecule has 1 aromatic carbocycles. The Morgan fingerprint density at radius 3 is 2.50 bits per heavy atom. The molecule has 0 saturated carbocycles. The van der Waals surface area contributed by atoms with E-state index >= 15 is 0 Å². The van der Waals surface area contributed by atoms with Crippen molar-refractivity contribution < 1.29 is 17.5 Å². The normalized spacial score (nSPS) is 17.3. The van der Waals surface area contributed by atoms with Crippen molar-refractivity contribution >= 4 is 39.8 Å². The minimum atomic E-state index is -3.24. The van der Waals surface area contributed by atoms with E-state index in [1.807, 2.05) is 0 Å². The van der Waals surface area contributed by atoms with E-state index in [-0.39, 0.29) is 36.3 Å². The molecule has 2 rings (SSSR count). The maximum Gasteiger partial charge on any atom is 0.191 e. The molecule has 0 bridgehead atoms. The van der Waals surface area contributed by atoms with E-state index < -0.39 is 14.6 Å². The molecule has 9 heteroatoms. The van der Waals surface area contributed by atoms with Crippen molar-refractivity contribution in [3.8, 4) is 0 Å². The fourth-order valence-electron chi connectivity index (χ4n) is 2.89. The highest BCUT2D eigenvalue weighted by Gasteiger charge is 2.42. The summed E-state index contributed by atoms with van der Waals surface area (Å²) >= 11 is 0. The lowest BCUT2D eigenvalue weighted by atomic mass is 9.99. The molecule has 148 valence electrons. The summed E-state index contributed by atoms with van der Waals surface area (Å²) in [5, 5.41) is 6.24. The Labute approximate surface area is 171 Å². The molecular formula is C17H27FIN3O3S. The summed E-state index contributed by atoms with van der Waals surface area (Å²) in [5.74, 6) is 0.275. The van der Waals surface area contributed by atoms with Crippen LogP contribution in [0.1, 0.15) is 24.0 Å². The maximum absolute atomic E-state index is 13.3. The first-order valence-corrected chi connectivity index (χ1v) is 10.1. The largest absolute Gasteiger partial charge is 0.381 e. The average Bonchev–Trinajstić information content (AvgIpc) is 2.58. The second-order valence-electron chi connectivity index (χ2n) is 6.43. The molecule has 6 nitrogen and oxygen atoms in total. The molecule has 1 heterocycles. The maximum atomic E-state index is 13.3. The van der Waals surface area contributed by atoms with Gasteiger partial charge >= 0.3 is 0 Å². The van der Waals surface area contributed by atoms with Crippen LogP contribution in [0.25, 0.3) is 0 Å². The molecule has 2 N–H and O–H groups in total. The lowest BCUT2D eigenvalue weighted by molar-refractivity contribution is 0.0756. The summed E-state index contributed by atoms with van der Waals surface area (Å²) in [6, 6.07) is 4.91. The van der Waals surface area contributed by atoms with Gasteiger partial charge in [-0.05, 0) is 37.0 Å². The summed E-state index contributed by atoms with van der Waals surface area (Å²) < 4.78 is 42.3. The molecular weight excluding hydrogens is 472 g/mol. The summed E-state index contributed by atoms with van der Waals surface area (Å²) in [5.41, 5.74) is 1.51. The van der Waals surface area contributed by atoms with Gasteiger partial charge in [-0.2, -0.15) is 0 Å². The van der Waals surface area contributed by atoms with Gasteiger partial charge in [0, 0.05) is 39.6 Å². The summed E-state index contributed by atoms with van der Waals surface area (Å²) in [6.07, 6.45) is 2.21. The molecule has 0 atom stereocenters. The molecule has 0 unspecified atom stereocenters. The predicted octanol–water partition coefficient (Wildman–Crippen LogP) is 2.01. The quantitative estimate of drug-likeness (QED) is 0.368. The topological polar surface area (TPSA) is 79.8 Å². The zero-order valence-corrected chi connectivity index (χ0v) is 18.5. The highest BCUT2D eigenvalue weighted by atomic mass is 127. The Hall–Kier alpha value is -0.940. The number of halogens is 2. The van der Waals surface area contributed by atoms with Crippen LogP contribution in [0.15, 0.2) is 23.2 Å². The van der Waals surface area contributed by atoms with E-state index in [0.29, 0.717) is 44.1 Å². The van der Waals surface area contributed by atoms with Crippen molar-refractivity contribution in [3.05, 3.63) is 35.1 Å². The van der Waals surface area contributed by atoms with E-state index in [1.54, 1.807) is 26.1 Å². The Bertz CT molecular complexity index is 735. The fraction of sp³-hybridized carbons (Fsp3) is 0.588. The minimum Gasteiger partial charge on any atom is -0.381 e. The van der Waals surface area contributed by atoms with E-state index in [0.717, 1.165) is 5.56 Å². The molecule has 1 fully saturated rings. The van der Waals surface area contributed by atoms with Gasteiger partial charge < -0.3 is 15.4 Å². The van der Waals surface area contributed by atoms with Crippen molar-refractivity contribution in [3.63, 3.8) is 0 Å². The molecule has 26 heavy (non-hydrogen) atoms. The van der Waals surface area contributed by atoms with Crippen molar-refractivity contribution in [1.82, 2.24) is 10.6 Å². The zero-order valence-electron chi connectivity index (χ0n) is 15.3. The van der Waals surface area contributed by atoms with Crippen LogP contribution >= 0.6 is 24.0 Å². The van der Waals surface area contributed by atoms with Crippen LogP contribution in [-0.2, 0) is 21.1 Å². The Balaban J connectivity index is 0.00000338. The molecule has 0 aliphatic carbocycles. The number of aryl methyl sites for hydroxylation is 1. The van der Waals surface area contributed by atoms with E-state index in [9.17, 15) is 12.8 Å². The average molecular weight is 499 g/mol. The number of sulfone groups is 1. The number of ether oxygens (including phenoxy) is 1. The van der Waals surface area contributed by atoms with Gasteiger partial charge in [-0.1, -0.05) is 12.1 Å². The summed E-state index contributed by atoms with van der Waals surface area (Å²) in [6.45, 7) is 3.34. The van der Waals surface area contributed by atoms with E-state index in [4.69, 9.17) is 4.74 Å². The lowest BCUT2D eigenvalue weighted by Crippen LogP contribution is -2.53. The van der Waals surface area contributed by atoms with Crippen LogP contribution in [0.4, 0.5) is 4.39 Å². The molecule has 0 spiro atoms. The van der Waals surface area contributed by atoms with E-state index in [2.05, 4.69) is 15.6 Å². The molecule has 0 aromatic heterocycles. The Kier molecular flexibility index (Phi) is 8.74. The van der Waals surface area contributed by atoms with Gasteiger partial charge in [-0.25, -0.2) is 12.8 Å². The van der Waals surface area contributed by atoms with Gasteiger partial charge in [0.2, 0.25) is 0 Å². The number of guanidine groups is 1. The standard InChI is InChI=1S/C17H26FN3O3S.HI/c1-13-10-14(4-5-15(13)18)11-20-16(19-2)21-12-17(25(3,22)23)6-8-24-9-7-17;/h4-5,10H,6-9,11-12H2,1-3H3,(H2,19,20,21);1H. The van der Waals surface area contributed by atoms with Crippen molar-refractivity contribution in [2.45, 2.75) is 31.1 Å².